The van der Waals surface area contributed by atoms with Gasteiger partial charge in [-0.25, -0.2) is 0 Å². The Balaban J connectivity index is 0.00000306. The first-order valence-electron chi connectivity index (χ1n) is 9.35. The molecule has 0 heterocycles. The quantitative estimate of drug-likeness (QED) is 0.200. The summed E-state index contributed by atoms with van der Waals surface area (Å²) in [5, 5.41) is 5.53. The van der Waals surface area contributed by atoms with Crippen molar-refractivity contribution in [3.8, 4) is 0 Å². The Morgan fingerprint density at radius 3 is 1.94 bits per heavy atom. The van der Waals surface area contributed by atoms with E-state index in [9.17, 15) is 27.4 Å². The third-order valence-corrected chi connectivity index (χ3v) is 5.86. The first-order chi connectivity index (χ1) is 15.1. The molecular weight excluding hydrogens is 457 g/mol. The van der Waals surface area contributed by atoms with Gasteiger partial charge in [-0.3, -0.25) is 18.9 Å². The molecule has 163 valence electrons. The first kappa shape index (κ1) is 24.6. The number of nitrogens with two attached hydrogens (primary N) is 1. The van der Waals surface area contributed by atoms with Gasteiger partial charge in [0.15, 0.2) is 11.6 Å². The Morgan fingerprint density at radius 2 is 1.42 bits per heavy atom. The molecule has 0 atom stereocenters. The molecule has 3 aromatic carbocycles. The molecule has 0 spiro atoms. The van der Waals surface area contributed by atoms with E-state index >= 15 is 0 Å². The van der Waals surface area contributed by atoms with Crippen molar-refractivity contribution in [2.75, 3.05) is 16.4 Å². The maximum Gasteiger partial charge on any atom is 0.296 e. The molecule has 0 saturated carbocycles. The second kappa shape index (κ2) is 9.08. The first-order valence-corrected chi connectivity index (χ1v) is 10.8. The van der Waals surface area contributed by atoms with Gasteiger partial charge in [0.2, 0.25) is 5.91 Å². The molecule has 5 N–H and O–H groups in total. The maximum absolute atomic E-state index is 13.2. The van der Waals surface area contributed by atoms with Crippen molar-refractivity contribution >= 4 is 79.9 Å². The predicted octanol–water partition coefficient (Wildman–Crippen LogP) is 2.61. The molecule has 0 aromatic heterocycles. The van der Waals surface area contributed by atoms with Crippen molar-refractivity contribution in [3.63, 3.8) is 0 Å². The average molecular weight is 474 g/mol. The van der Waals surface area contributed by atoms with Crippen LogP contribution in [0.25, 0.3) is 0 Å². The number of benzene rings is 3. The summed E-state index contributed by atoms with van der Waals surface area (Å²) in [5.41, 5.74) is 6.27. The normalized spacial score (nSPS) is 12.3. The molecule has 0 saturated heterocycles. The molecule has 1 radical (unpaired) electrons. The third kappa shape index (κ3) is 4.56. The number of nitrogens with one attached hydrogen (secondary N) is 2. The van der Waals surface area contributed by atoms with Gasteiger partial charge in [0.05, 0.1) is 22.5 Å². The zero-order chi connectivity index (χ0) is 23.2. The van der Waals surface area contributed by atoms with E-state index in [2.05, 4.69) is 10.6 Å². The van der Waals surface area contributed by atoms with Crippen molar-refractivity contribution in [3.05, 3.63) is 76.9 Å². The number of nitrogen functional groups attached to an aromatic ring is 1. The molecule has 0 aliphatic heterocycles. The molecular formula is C22H17N3NaO6S. The van der Waals surface area contributed by atoms with Crippen LogP contribution < -0.4 is 16.4 Å². The van der Waals surface area contributed by atoms with Gasteiger partial charge in [-0.05, 0) is 30.3 Å². The van der Waals surface area contributed by atoms with E-state index in [0.717, 1.165) is 6.07 Å². The van der Waals surface area contributed by atoms with E-state index in [4.69, 9.17) is 5.73 Å². The van der Waals surface area contributed by atoms with Crippen LogP contribution >= 0.6 is 0 Å². The van der Waals surface area contributed by atoms with Crippen LogP contribution in [0.2, 0.25) is 0 Å². The number of carbonyl (C=O) groups excluding carboxylic acids is 3. The van der Waals surface area contributed by atoms with Crippen LogP contribution in [0.1, 0.15) is 38.8 Å². The van der Waals surface area contributed by atoms with Crippen molar-refractivity contribution in [2.45, 2.75) is 11.8 Å². The number of ketones is 2. The summed E-state index contributed by atoms with van der Waals surface area (Å²) in [7, 11) is -4.80. The van der Waals surface area contributed by atoms with Crippen LogP contribution in [-0.2, 0) is 14.9 Å². The second-order valence-corrected chi connectivity index (χ2v) is 8.54. The summed E-state index contributed by atoms with van der Waals surface area (Å²) < 4.78 is 33.5. The fourth-order valence-electron chi connectivity index (χ4n) is 3.60. The summed E-state index contributed by atoms with van der Waals surface area (Å²) >= 11 is 0. The fourth-order valence-corrected chi connectivity index (χ4v) is 4.25. The molecule has 1 amide bonds. The van der Waals surface area contributed by atoms with E-state index in [1.807, 2.05) is 0 Å². The smallest absolute Gasteiger partial charge is 0.296 e. The number of fused-ring (bicyclic) bond motifs is 2. The van der Waals surface area contributed by atoms with Crippen LogP contribution in [0, 0.1) is 0 Å². The minimum absolute atomic E-state index is 0. The van der Waals surface area contributed by atoms with Crippen molar-refractivity contribution in [1.82, 2.24) is 0 Å². The molecule has 3 aromatic rings. The van der Waals surface area contributed by atoms with E-state index < -0.39 is 32.3 Å². The van der Waals surface area contributed by atoms with Gasteiger partial charge in [0.25, 0.3) is 10.1 Å². The van der Waals surface area contributed by atoms with E-state index in [1.54, 1.807) is 36.4 Å². The topological polar surface area (TPSA) is 156 Å². The molecule has 0 bridgehead atoms. The number of anilines is 4. The van der Waals surface area contributed by atoms with Crippen LogP contribution in [0.5, 0.6) is 0 Å². The molecule has 0 fully saturated rings. The largest absolute Gasteiger partial charge is 0.397 e. The predicted molar refractivity (Wildman–Crippen MR) is 124 cm³/mol. The van der Waals surface area contributed by atoms with Crippen molar-refractivity contribution < 1.29 is 27.4 Å². The SMILES string of the molecule is CC(=O)Nc1ccc(Nc2cc(S(=O)(=O)O)c(N)c3c2C(=O)c2ccccc2C3=O)cc1.[Na]. The van der Waals surface area contributed by atoms with Gasteiger partial charge >= 0.3 is 0 Å². The Labute approximate surface area is 211 Å². The number of carbonyl (C=O) groups is 3. The van der Waals surface area contributed by atoms with E-state index in [1.165, 1.54) is 19.1 Å². The van der Waals surface area contributed by atoms with Gasteiger partial charge in [0, 0.05) is 59.0 Å². The summed E-state index contributed by atoms with van der Waals surface area (Å²) in [6.07, 6.45) is 0. The monoisotopic (exact) mass is 474 g/mol. The number of rotatable bonds is 4. The standard InChI is InChI=1S/C22H17N3O6S.Na/c1-11(26)24-12-6-8-13(9-7-12)25-16-10-17(32(29,30)31)20(23)19-18(16)21(27)14-4-2-3-5-15(14)22(19)28;/h2-10,25H,23H2,1H3,(H,24,26)(H,29,30,31);. The molecule has 33 heavy (non-hydrogen) atoms. The molecule has 9 nitrogen and oxygen atoms in total. The van der Waals surface area contributed by atoms with Crippen LogP contribution in [0.15, 0.2) is 59.5 Å². The number of amides is 1. The molecule has 11 heteroatoms. The average Bonchev–Trinajstić information content (AvgIpc) is 2.73. The van der Waals surface area contributed by atoms with Crippen LogP contribution in [-0.4, -0.2) is 60.0 Å². The second-order valence-electron chi connectivity index (χ2n) is 7.15. The summed E-state index contributed by atoms with van der Waals surface area (Å²) in [5.74, 6) is -1.39. The summed E-state index contributed by atoms with van der Waals surface area (Å²) in [4.78, 5) is 36.9. The molecule has 1 aliphatic rings. The number of hydrogen-bond acceptors (Lipinski definition) is 7. The van der Waals surface area contributed by atoms with Crippen LogP contribution in [0.3, 0.4) is 0 Å². The fraction of sp³-hybridized carbons (Fsp3) is 0.0455. The van der Waals surface area contributed by atoms with Gasteiger partial charge in [-0.1, -0.05) is 24.3 Å². The summed E-state index contributed by atoms with van der Waals surface area (Å²) in [6.45, 7) is 1.37. The van der Waals surface area contributed by atoms with Crippen molar-refractivity contribution in [2.24, 2.45) is 0 Å². The zero-order valence-corrected chi connectivity index (χ0v) is 20.5. The minimum Gasteiger partial charge on any atom is -0.397 e. The van der Waals surface area contributed by atoms with Crippen molar-refractivity contribution in [1.29, 1.82) is 0 Å². The van der Waals surface area contributed by atoms with Gasteiger partial charge < -0.3 is 16.4 Å². The Morgan fingerprint density at radius 1 is 0.909 bits per heavy atom. The Hall–Kier alpha value is -3.02. The maximum atomic E-state index is 13.2. The zero-order valence-electron chi connectivity index (χ0n) is 17.7. The van der Waals surface area contributed by atoms with Crippen LogP contribution in [0.4, 0.5) is 22.7 Å². The molecule has 4 rings (SSSR count). The van der Waals surface area contributed by atoms with E-state index in [0.29, 0.717) is 11.4 Å². The van der Waals surface area contributed by atoms with Gasteiger partial charge in [-0.15, -0.1) is 0 Å². The van der Waals surface area contributed by atoms with Gasteiger partial charge in [0.1, 0.15) is 4.90 Å². The van der Waals surface area contributed by atoms with Gasteiger partial charge in [-0.2, -0.15) is 8.42 Å². The third-order valence-electron chi connectivity index (χ3n) is 4.96. The van der Waals surface area contributed by atoms with E-state index in [-0.39, 0.29) is 63.4 Å². The molecule has 1 aliphatic carbocycles. The Bertz CT molecular complexity index is 1420. The molecule has 0 unspecified atom stereocenters. The minimum atomic E-state index is -4.80. The number of hydrogen-bond donors (Lipinski definition) is 4. The Kier molecular flexibility index (Phi) is 6.78. The summed E-state index contributed by atoms with van der Waals surface area (Å²) in [6, 6.07) is 13.5.